The van der Waals surface area contributed by atoms with Crippen LogP contribution < -0.4 is 9.62 Å². The topological polar surface area (TPSA) is 69.7 Å². The predicted molar refractivity (Wildman–Crippen MR) is 116 cm³/mol. The largest absolute Gasteiger partial charge is 0.350 e. The molecule has 0 unspecified atom stereocenters. The zero-order chi connectivity index (χ0) is 21.6. The lowest BCUT2D eigenvalue weighted by molar-refractivity contribution is -0.119. The summed E-state index contributed by atoms with van der Waals surface area (Å²) in [6.45, 7) is 3.08. The maximum Gasteiger partial charge on any atom is 0.241 e. The van der Waals surface area contributed by atoms with Gasteiger partial charge in [0, 0.05) is 13.1 Å². The smallest absolute Gasteiger partial charge is 0.241 e. The Morgan fingerprint density at radius 2 is 1.73 bits per heavy atom. The summed E-state index contributed by atoms with van der Waals surface area (Å²) in [7, 11) is -3.69. The minimum atomic E-state index is -3.69. The van der Waals surface area contributed by atoms with Gasteiger partial charge in [-0.25, -0.2) is 12.8 Å². The molecule has 6 nitrogen and oxygen atoms in total. The van der Waals surface area contributed by atoms with Gasteiger partial charge in [-0.15, -0.1) is 0 Å². The number of amides is 1. The second kappa shape index (κ2) is 10.0. The fourth-order valence-electron chi connectivity index (χ4n) is 3.61. The number of carbonyl (C=O) groups is 1. The van der Waals surface area contributed by atoms with E-state index in [-0.39, 0.29) is 12.2 Å². The van der Waals surface area contributed by atoms with Crippen LogP contribution in [0.4, 0.5) is 10.1 Å². The van der Waals surface area contributed by atoms with Crippen LogP contribution in [0.2, 0.25) is 0 Å². The third kappa shape index (κ3) is 6.53. The van der Waals surface area contributed by atoms with Gasteiger partial charge in [0.05, 0.1) is 11.9 Å². The minimum absolute atomic E-state index is 0.248. The molecule has 8 heteroatoms. The van der Waals surface area contributed by atoms with Gasteiger partial charge in [0.2, 0.25) is 15.9 Å². The van der Waals surface area contributed by atoms with E-state index in [9.17, 15) is 17.6 Å². The first-order valence-electron chi connectivity index (χ1n) is 10.1. The molecular formula is C22H28FN3O3S. The van der Waals surface area contributed by atoms with Gasteiger partial charge in [0.15, 0.2) is 0 Å². The highest BCUT2D eigenvalue weighted by molar-refractivity contribution is 7.92. The van der Waals surface area contributed by atoms with Crippen molar-refractivity contribution in [2.75, 3.05) is 30.2 Å². The molecule has 0 saturated carbocycles. The molecule has 0 radical (unpaired) electrons. The summed E-state index contributed by atoms with van der Waals surface area (Å²) in [4.78, 5) is 14.9. The van der Waals surface area contributed by atoms with E-state index < -0.39 is 21.7 Å². The molecule has 1 aliphatic rings. The lowest BCUT2D eigenvalue weighted by atomic mass is 10.1. The van der Waals surface area contributed by atoms with Gasteiger partial charge in [-0.2, -0.15) is 0 Å². The van der Waals surface area contributed by atoms with Gasteiger partial charge in [-0.1, -0.05) is 30.7 Å². The maximum atomic E-state index is 13.1. The summed E-state index contributed by atoms with van der Waals surface area (Å²) in [6.07, 6.45) is 4.79. The molecule has 0 spiro atoms. The summed E-state index contributed by atoms with van der Waals surface area (Å²) < 4.78 is 38.3. The van der Waals surface area contributed by atoms with Gasteiger partial charge in [-0.3, -0.25) is 14.0 Å². The summed E-state index contributed by atoms with van der Waals surface area (Å²) in [6, 6.07) is 13.1. The molecule has 1 heterocycles. The number of piperidine rings is 1. The summed E-state index contributed by atoms with van der Waals surface area (Å²) in [5, 5.41) is 2.78. The van der Waals surface area contributed by atoms with Crippen molar-refractivity contribution in [2.24, 2.45) is 0 Å². The number of nitrogens with one attached hydrogen (secondary N) is 1. The van der Waals surface area contributed by atoms with Gasteiger partial charge < -0.3 is 5.32 Å². The molecule has 1 aliphatic heterocycles. The molecule has 2 aromatic carbocycles. The van der Waals surface area contributed by atoms with Crippen molar-refractivity contribution in [3.8, 4) is 0 Å². The van der Waals surface area contributed by atoms with Crippen LogP contribution in [0.1, 0.15) is 30.4 Å². The van der Waals surface area contributed by atoms with Crippen molar-refractivity contribution in [1.82, 2.24) is 10.2 Å². The fraction of sp³-hybridized carbons (Fsp3) is 0.409. The fourth-order valence-corrected chi connectivity index (χ4v) is 4.46. The number of sulfonamides is 1. The van der Waals surface area contributed by atoms with Crippen molar-refractivity contribution >= 4 is 21.6 Å². The zero-order valence-corrected chi connectivity index (χ0v) is 18.0. The zero-order valence-electron chi connectivity index (χ0n) is 17.2. The van der Waals surface area contributed by atoms with Crippen LogP contribution in [0, 0.1) is 5.82 Å². The summed E-state index contributed by atoms with van der Waals surface area (Å²) >= 11 is 0. The number of halogens is 1. The first kappa shape index (κ1) is 22.2. The highest BCUT2D eigenvalue weighted by atomic mass is 32.2. The SMILES string of the molecule is CS(=O)(=O)N(CC(=O)NCc1cccc(CN2CCCCC2)c1)c1ccc(F)cc1. The van der Waals surface area contributed by atoms with Crippen LogP contribution in [-0.2, 0) is 27.9 Å². The second-order valence-corrected chi connectivity index (χ2v) is 9.59. The Hall–Kier alpha value is -2.45. The van der Waals surface area contributed by atoms with E-state index in [1.165, 1.54) is 49.1 Å². The third-order valence-corrected chi connectivity index (χ3v) is 6.28. The molecule has 1 saturated heterocycles. The Labute approximate surface area is 177 Å². The first-order valence-corrected chi connectivity index (χ1v) is 12.0. The highest BCUT2D eigenvalue weighted by Gasteiger charge is 2.20. The lowest BCUT2D eigenvalue weighted by Crippen LogP contribution is -2.40. The lowest BCUT2D eigenvalue weighted by Gasteiger charge is -2.26. The molecule has 30 heavy (non-hydrogen) atoms. The number of nitrogens with zero attached hydrogens (tertiary/aromatic N) is 2. The van der Waals surface area contributed by atoms with Crippen molar-refractivity contribution in [2.45, 2.75) is 32.4 Å². The number of likely N-dealkylation sites (tertiary alicyclic amines) is 1. The monoisotopic (exact) mass is 433 g/mol. The maximum absolute atomic E-state index is 13.1. The first-order chi connectivity index (χ1) is 14.3. The molecule has 2 aromatic rings. The predicted octanol–water partition coefficient (Wildman–Crippen LogP) is 2.89. The normalized spacial score (nSPS) is 15.0. The number of benzene rings is 2. The Balaban J connectivity index is 1.58. The van der Waals surface area contributed by atoms with Crippen molar-refractivity contribution in [3.63, 3.8) is 0 Å². The van der Waals surface area contributed by atoms with Crippen molar-refractivity contribution in [3.05, 3.63) is 65.5 Å². The van der Waals surface area contributed by atoms with Gasteiger partial charge in [0.1, 0.15) is 12.4 Å². The van der Waals surface area contributed by atoms with E-state index in [1.807, 2.05) is 12.1 Å². The van der Waals surface area contributed by atoms with Crippen LogP contribution in [0.5, 0.6) is 0 Å². The van der Waals surface area contributed by atoms with E-state index in [0.717, 1.165) is 35.8 Å². The van der Waals surface area contributed by atoms with E-state index in [1.54, 1.807) is 0 Å². The van der Waals surface area contributed by atoms with Crippen LogP contribution in [0.25, 0.3) is 0 Å². The highest BCUT2D eigenvalue weighted by Crippen LogP contribution is 2.18. The van der Waals surface area contributed by atoms with E-state index in [4.69, 9.17) is 0 Å². The summed E-state index contributed by atoms with van der Waals surface area (Å²) in [5.41, 5.74) is 2.41. The quantitative estimate of drug-likeness (QED) is 0.695. The van der Waals surface area contributed by atoms with Gasteiger partial charge in [-0.05, 0) is 61.3 Å². The van der Waals surface area contributed by atoms with Crippen LogP contribution >= 0.6 is 0 Å². The number of anilines is 1. The van der Waals surface area contributed by atoms with Crippen LogP contribution in [-0.4, -0.2) is 45.1 Å². The molecule has 0 aliphatic carbocycles. The molecule has 3 rings (SSSR count). The average molecular weight is 434 g/mol. The third-order valence-electron chi connectivity index (χ3n) is 5.14. The molecule has 0 atom stereocenters. The number of rotatable bonds is 8. The summed E-state index contributed by atoms with van der Waals surface area (Å²) in [5.74, 6) is -0.896. The van der Waals surface area contributed by atoms with Gasteiger partial charge >= 0.3 is 0 Å². The Kier molecular flexibility index (Phi) is 7.44. The van der Waals surface area contributed by atoms with Gasteiger partial charge in [0.25, 0.3) is 0 Å². The molecular weight excluding hydrogens is 405 g/mol. The van der Waals surface area contributed by atoms with Crippen LogP contribution in [0.15, 0.2) is 48.5 Å². The van der Waals surface area contributed by atoms with Crippen molar-refractivity contribution < 1.29 is 17.6 Å². The minimum Gasteiger partial charge on any atom is -0.350 e. The number of carbonyl (C=O) groups excluding carboxylic acids is 1. The van der Waals surface area contributed by atoms with E-state index in [2.05, 4.69) is 22.3 Å². The van der Waals surface area contributed by atoms with Crippen molar-refractivity contribution in [1.29, 1.82) is 0 Å². The molecule has 1 N–H and O–H groups in total. The molecule has 0 aromatic heterocycles. The number of hydrogen-bond acceptors (Lipinski definition) is 4. The Morgan fingerprint density at radius 3 is 2.40 bits per heavy atom. The Morgan fingerprint density at radius 1 is 1.07 bits per heavy atom. The van der Waals surface area contributed by atoms with E-state index >= 15 is 0 Å². The standard InChI is InChI=1S/C22H28FN3O3S/c1-30(28,29)26(21-10-8-20(23)9-11-21)17-22(27)24-15-18-6-5-7-19(14-18)16-25-12-3-2-4-13-25/h5-11,14H,2-4,12-13,15-17H2,1H3,(H,24,27). The second-order valence-electron chi connectivity index (χ2n) is 7.68. The molecule has 1 fully saturated rings. The average Bonchev–Trinajstić information content (AvgIpc) is 2.72. The molecule has 0 bridgehead atoms. The molecule has 1 amide bonds. The molecule has 162 valence electrons. The van der Waals surface area contributed by atoms with E-state index in [0.29, 0.717) is 6.54 Å². The number of hydrogen-bond donors (Lipinski definition) is 1. The Bertz CT molecular complexity index is 958. The van der Waals surface area contributed by atoms with Crippen LogP contribution in [0.3, 0.4) is 0 Å².